The van der Waals surface area contributed by atoms with Crippen molar-refractivity contribution < 1.29 is 18.0 Å². The van der Waals surface area contributed by atoms with E-state index in [1.807, 2.05) is 5.38 Å². The zero-order valence-corrected chi connectivity index (χ0v) is 19.4. The van der Waals surface area contributed by atoms with Crippen LogP contribution in [0.2, 0.25) is 0 Å². The van der Waals surface area contributed by atoms with E-state index in [0.717, 1.165) is 63.1 Å². The largest absolute Gasteiger partial charge is 0.416 e. The fraction of sp³-hybridized carbons (Fsp3) is 0.625. The number of hydrogen-bond donors (Lipinski definition) is 1. The summed E-state index contributed by atoms with van der Waals surface area (Å²) >= 11 is 1.37. The summed E-state index contributed by atoms with van der Waals surface area (Å²) in [5, 5.41) is 6.07. The summed E-state index contributed by atoms with van der Waals surface area (Å²) in [6.07, 6.45) is 1.80. The number of benzene rings is 1. The van der Waals surface area contributed by atoms with E-state index in [1.165, 1.54) is 36.3 Å². The van der Waals surface area contributed by atoms with Gasteiger partial charge in [0.15, 0.2) is 0 Å². The number of hydrogen-bond acceptors (Lipinski definition) is 4. The molecule has 0 radical (unpaired) electrons. The van der Waals surface area contributed by atoms with Crippen molar-refractivity contribution in [1.82, 2.24) is 10.2 Å². The number of carbonyl (C=O) groups excluding carboxylic acids is 1. The summed E-state index contributed by atoms with van der Waals surface area (Å²) in [7, 11) is 0. The first kappa shape index (κ1) is 23.4. The van der Waals surface area contributed by atoms with Crippen molar-refractivity contribution in [3.8, 4) is 0 Å². The molecule has 1 aromatic carbocycles. The van der Waals surface area contributed by atoms with Crippen LogP contribution in [-0.2, 0) is 11.0 Å². The Labute approximate surface area is 191 Å². The minimum Gasteiger partial charge on any atom is -0.368 e. The maximum Gasteiger partial charge on any atom is 0.416 e. The number of carbonyl (C=O) groups is 1. The van der Waals surface area contributed by atoms with Crippen LogP contribution >= 0.6 is 11.3 Å². The maximum absolute atomic E-state index is 13.0. The average molecular weight is 468 g/mol. The molecule has 2 heterocycles. The van der Waals surface area contributed by atoms with E-state index in [4.69, 9.17) is 0 Å². The van der Waals surface area contributed by atoms with Gasteiger partial charge >= 0.3 is 6.18 Å². The molecule has 0 spiro atoms. The SMILES string of the molecule is CC1CCCC(NC(=O)CCCN2CCN(c3csc4cc(C(F)(F)F)ccc34)CC2)C1. The fourth-order valence-electron chi connectivity index (χ4n) is 4.98. The molecule has 1 aliphatic heterocycles. The smallest absolute Gasteiger partial charge is 0.368 e. The van der Waals surface area contributed by atoms with Gasteiger partial charge in [-0.15, -0.1) is 11.3 Å². The van der Waals surface area contributed by atoms with Gasteiger partial charge in [-0.25, -0.2) is 0 Å². The molecule has 2 fully saturated rings. The van der Waals surface area contributed by atoms with E-state index in [2.05, 4.69) is 22.0 Å². The molecule has 4 rings (SSSR count). The van der Waals surface area contributed by atoms with E-state index in [1.54, 1.807) is 6.07 Å². The molecule has 32 heavy (non-hydrogen) atoms. The van der Waals surface area contributed by atoms with Crippen LogP contribution in [0.4, 0.5) is 18.9 Å². The molecule has 8 heteroatoms. The van der Waals surface area contributed by atoms with Gasteiger partial charge in [-0.2, -0.15) is 13.2 Å². The molecular formula is C24H32F3N3OS. The van der Waals surface area contributed by atoms with E-state index >= 15 is 0 Å². The highest BCUT2D eigenvalue weighted by molar-refractivity contribution is 7.17. The second-order valence-corrected chi connectivity index (χ2v) is 10.2. The van der Waals surface area contributed by atoms with Crippen molar-refractivity contribution in [2.24, 2.45) is 5.92 Å². The zero-order chi connectivity index (χ0) is 22.7. The van der Waals surface area contributed by atoms with Crippen molar-refractivity contribution in [1.29, 1.82) is 0 Å². The first-order chi connectivity index (χ1) is 15.3. The lowest BCUT2D eigenvalue weighted by atomic mass is 9.87. The monoisotopic (exact) mass is 467 g/mol. The van der Waals surface area contributed by atoms with E-state index in [9.17, 15) is 18.0 Å². The Morgan fingerprint density at radius 3 is 2.69 bits per heavy atom. The van der Waals surface area contributed by atoms with Crippen LogP contribution in [0.1, 0.15) is 51.0 Å². The highest BCUT2D eigenvalue weighted by Gasteiger charge is 2.31. The Kier molecular flexibility index (Phi) is 7.30. The van der Waals surface area contributed by atoms with Gasteiger partial charge in [-0.3, -0.25) is 9.69 Å². The van der Waals surface area contributed by atoms with Crippen LogP contribution in [0.15, 0.2) is 23.6 Å². The Morgan fingerprint density at radius 2 is 1.97 bits per heavy atom. The van der Waals surface area contributed by atoms with Gasteiger partial charge in [0.2, 0.25) is 5.91 Å². The number of alkyl halides is 3. The number of nitrogens with one attached hydrogen (secondary N) is 1. The number of amides is 1. The molecule has 1 aromatic heterocycles. The molecule has 2 atom stereocenters. The summed E-state index contributed by atoms with van der Waals surface area (Å²) in [5.41, 5.74) is 0.435. The van der Waals surface area contributed by atoms with Crippen LogP contribution in [0.25, 0.3) is 10.1 Å². The van der Waals surface area contributed by atoms with Crippen LogP contribution in [0.5, 0.6) is 0 Å². The number of anilines is 1. The third-order valence-electron chi connectivity index (χ3n) is 6.78. The molecule has 2 aliphatic rings. The molecule has 1 saturated heterocycles. The molecule has 0 bridgehead atoms. The molecule has 1 saturated carbocycles. The molecule has 1 aliphatic carbocycles. The van der Waals surface area contributed by atoms with Gasteiger partial charge < -0.3 is 10.2 Å². The first-order valence-electron chi connectivity index (χ1n) is 11.6. The first-order valence-corrected chi connectivity index (χ1v) is 12.5. The number of fused-ring (bicyclic) bond motifs is 1. The second-order valence-electron chi connectivity index (χ2n) is 9.30. The molecule has 176 valence electrons. The molecule has 2 aromatic rings. The molecule has 1 amide bonds. The summed E-state index contributed by atoms with van der Waals surface area (Å²) < 4.78 is 39.6. The Morgan fingerprint density at radius 1 is 1.19 bits per heavy atom. The molecule has 4 nitrogen and oxygen atoms in total. The van der Waals surface area contributed by atoms with Gasteiger partial charge in [-0.05, 0) is 43.9 Å². The highest BCUT2D eigenvalue weighted by atomic mass is 32.1. The third kappa shape index (κ3) is 5.76. The van der Waals surface area contributed by atoms with E-state index < -0.39 is 11.7 Å². The lowest BCUT2D eigenvalue weighted by Crippen LogP contribution is -2.46. The van der Waals surface area contributed by atoms with Gasteiger partial charge in [0.05, 0.1) is 11.3 Å². The average Bonchev–Trinajstić information content (AvgIpc) is 3.17. The van der Waals surface area contributed by atoms with Gasteiger partial charge in [0, 0.05) is 54.1 Å². The lowest BCUT2D eigenvalue weighted by Gasteiger charge is -2.36. The van der Waals surface area contributed by atoms with Gasteiger partial charge in [-0.1, -0.05) is 25.8 Å². The highest BCUT2D eigenvalue weighted by Crippen LogP contribution is 2.38. The summed E-state index contributed by atoms with van der Waals surface area (Å²) in [4.78, 5) is 16.9. The lowest BCUT2D eigenvalue weighted by molar-refractivity contribution is -0.137. The molecule has 1 N–H and O–H groups in total. The van der Waals surface area contributed by atoms with Crippen molar-refractivity contribution in [3.63, 3.8) is 0 Å². The van der Waals surface area contributed by atoms with Crippen LogP contribution in [0, 0.1) is 5.92 Å². The maximum atomic E-state index is 13.0. The summed E-state index contributed by atoms with van der Waals surface area (Å²) in [6, 6.07) is 4.37. The van der Waals surface area contributed by atoms with Crippen LogP contribution in [-0.4, -0.2) is 49.6 Å². The topological polar surface area (TPSA) is 35.6 Å². The number of rotatable bonds is 6. The number of thiophene rings is 1. The summed E-state index contributed by atoms with van der Waals surface area (Å²) in [6.45, 7) is 6.66. The Balaban J connectivity index is 1.22. The zero-order valence-electron chi connectivity index (χ0n) is 18.6. The number of piperazine rings is 1. The quantitative estimate of drug-likeness (QED) is 0.608. The fourth-order valence-corrected chi connectivity index (χ4v) is 5.99. The number of halogens is 3. The van der Waals surface area contributed by atoms with Crippen LogP contribution < -0.4 is 10.2 Å². The molecular weight excluding hydrogens is 435 g/mol. The molecule has 2 unspecified atom stereocenters. The van der Waals surface area contributed by atoms with E-state index in [-0.39, 0.29) is 5.91 Å². The van der Waals surface area contributed by atoms with Crippen molar-refractivity contribution in [2.45, 2.75) is 57.7 Å². The predicted molar refractivity (Wildman–Crippen MR) is 124 cm³/mol. The standard InChI is InChI=1S/C24H32F3N3OS/c1-17-4-2-5-19(14-17)28-23(31)6-3-9-29-10-12-30(13-11-29)21-16-32-22-15-18(24(25,26)27)7-8-20(21)22/h7-8,15-17,19H,2-6,9-14H2,1H3,(H,28,31). The normalized spacial score (nSPS) is 22.9. The minimum atomic E-state index is -4.31. The van der Waals surface area contributed by atoms with Crippen molar-refractivity contribution >= 4 is 33.0 Å². The van der Waals surface area contributed by atoms with E-state index in [0.29, 0.717) is 23.1 Å². The third-order valence-corrected chi connectivity index (χ3v) is 7.71. The van der Waals surface area contributed by atoms with Gasteiger partial charge in [0.1, 0.15) is 0 Å². The predicted octanol–water partition coefficient (Wildman–Crippen LogP) is 5.52. The Hall–Kier alpha value is -1.80. The van der Waals surface area contributed by atoms with Crippen molar-refractivity contribution in [3.05, 3.63) is 29.1 Å². The second kappa shape index (κ2) is 10.00. The Bertz CT molecular complexity index is 921. The number of nitrogens with zero attached hydrogens (tertiary/aromatic N) is 2. The van der Waals surface area contributed by atoms with Gasteiger partial charge in [0.25, 0.3) is 0 Å². The summed E-state index contributed by atoms with van der Waals surface area (Å²) in [5.74, 6) is 0.878. The minimum absolute atomic E-state index is 0.172. The van der Waals surface area contributed by atoms with Crippen LogP contribution in [0.3, 0.4) is 0 Å². The van der Waals surface area contributed by atoms with Crippen molar-refractivity contribution in [2.75, 3.05) is 37.6 Å².